The van der Waals surface area contributed by atoms with Crippen LogP contribution in [0, 0.1) is 10.1 Å². The first-order chi connectivity index (χ1) is 9.45. The molecule has 0 fully saturated rings. The molecule has 0 saturated heterocycles. The molecular formula is C12H14Cl2N2O4. The number of nitrogens with zero attached hydrogens (tertiary/aromatic N) is 1. The van der Waals surface area contributed by atoms with E-state index in [1.54, 1.807) is 6.92 Å². The lowest BCUT2D eigenvalue weighted by atomic mass is 10.2. The summed E-state index contributed by atoms with van der Waals surface area (Å²) < 4.78 is 4.78. The van der Waals surface area contributed by atoms with E-state index in [2.05, 4.69) is 5.32 Å². The normalized spacial score (nSPS) is 10.2. The average molecular weight is 321 g/mol. The highest BCUT2D eigenvalue weighted by Gasteiger charge is 2.16. The number of hydrogen-bond acceptors (Lipinski definition) is 5. The van der Waals surface area contributed by atoms with Crippen LogP contribution in [0.2, 0.25) is 10.0 Å². The molecule has 0 unspecified atom stereocenters. The molecule has 0 aliphatic rings. The summed E-state index contributed by atoms with van der Waals surface area (Å²) >= 11 is 11.6. The van der Waals surface area contributed by atoms with Gasteiger partial charge in [-0.3, -0.25) is 14.9 Å². The van der Waals surface area contributed by atoms with Crippen molar-refractivity contribution in [2.45, 2.75) is 19.8 Å². The molecule has 1 aromatic rings. The molecular weight excluding hydrogens is 307 g/mol. The van der Waals surface area contributed by atoms with Gasteiger partial charge in [-0.1, -0.05) is 23.2 Å². The zero-order valence-corrected chi connectivity index (χ0v) is 12.3. The van der Waals surface area contributed by atoms with Crippen LogP contribution in [0.4, 0.5) is 11.4 Å². The summed E-state index contributed by atoms with van der Waals surface area (Å²) in [6.45, 7) is 2.46. The van der Waals surface area contributed by atoms with Crippen molar-refractivity contribution in [3.8, 4) is 0 Å². The first-order valence-corrected chi connectivity index (χ1v) is 6.74. The van der Waals surface area contributed by atoms with Crippen LogP contribution in [-0.2, 0) is 9.53 Å². The van der Waals surface area contributed by atoms with Crippen LogP contribution in [0.3, 0.4) is 0 Å². The number of ether oxygens (including phenoxy) is 1. The second-order valence-corrected chi connectivity index (χ2v) is 4.69. The summed E-state index contributed by atoms with van der Waals surface area (Å²) in [6.07, 6.45) is 0.742. The number of nitro benzene ring substituents is 1. The lowest BCUT2D eigenvalue weighted by Crippen LogP contribution is -2.09. The van der Waals surface area contributed by atoms with Gasteiger partial charge in [-0.05, 0) is 19.4 Å². The van der Waals surface area contributed by atoms with E-state index in [0.717, 1.165) is 0 Å². The molecule has 6 nitrogen and oxygen atoms in total. The predicted molar refractivity (Wildman–Crippen MR) is 77.5 cm³/mol. The SMILES string of the molecule is CCOC(=O)CCCNc1cc(Cl)c(Cl)cc1[N+](=O)[O-]. The number of nitrogens with one attached hydrogen (secondary N) is 1. The Balaban J connectivity index is 2.61. The van der Waals surface area contributed by atoms with Crippen LogP contribution in [-0.4, -0.2) is 24.0 Å². The van der Waals surface area contributed by atoms with Gasteiger partial charge >= 0.3 is 5.97 Å². The van der Waals surface area contributed by atoms with Crippen molar-refractivity contribution in [2.24, 2.45) is 0 Å². The molecule has 0 aliphatic heterocycles. The minimum atomic E-state index is -0.546. The standard InChI is InChI=1S/C12H14Cl2N2O4/c1-2-20-12(17)4-3-5-15-10-6-8(13)9(14)7-11(10)16(18)19/h6-7,15H,2-5H2,1H3. The summed E-state index contributed by atoms with van der Waals surface area (Å²) in [5.41, 5.74) is 0.115. The Morgan fingerprint density at radius 3 is 2.65 bits per heavy atom. The summed E-state index contributed by atoms with van der Waals surface area (Å²) in [5, 5.41) is 14.1. The molecule has 0 atom stereocenters. The molecule has 110 valence electrons. The minimum absolute atomic E-state index is 0.121. The molecule has 0 aromatic heterocycles. The second-order valence-electron chi connectivity index (χ2n) is 3.88. The van der Waals surface area contributed by atoms with Crippen LogP contribution < -0.4 is 5.32 Å². The Morgan fingerprint density at radius 2 is 2.05 bits per heavy atom. The highest BCUT2D eigenvalue weighted by molar-refractivity contribution is 6.42. The largest absolute Gasteiger partial charge is 0.466 e. The first kappa shape index (κ1) is 16.5. The molecule has 0 aliphatic carbocycles. The summed E-state index contributed by atoms with van der Waals surface area (Å²) in [4.78, 5) is 21.5. The Kier molecular flexibility index (Phi) is 6.54. The predicted octanol–water partition coefficient (Wildman–Crippen LogP) is 3.66. The van der Waals surface area contributed by atoms with Crippen LogP contribution in [0.25, 0.3) is 0 Å². The molecule has 0 bridgehead atoms. The van der Waals surface area contributed by atoms with Gasteiger partial charge in [0.2, 0.25) is 0 Å². The van der Waals surface area contributed by atoms with E-state index >= 15 is 0 Å². The number of carbonyl (C=O) groups is 1. The van der Waals surface area contributed by atoms with Gasteiger partial charge in [0.05, 0.1) is 21.6 Å². The van der Waals surface area contributed by atoms with Gasteiger partial charge < -0.3 is 10.1 Å². The molecule has 0 heterocycles. The van der Waals surface area contributed by atoms with Gasteiger partial charge in [0.15, 0.2) is 0 Å². The quantitative estimate of drug-likeness (QED) is 0.359. The number of esters is 1. The zero-order chi connectivity index (χ0) is 15.1. The van der Waals surface area contributed by atoms with Crippen molar-refractivity contribution in [1.29, 1.82) is 0 Å². The number of benzene rings is 1. The topological polar surface area (TPSA) is 81.5 Å². The molecule has 0 saturated carbocycles. The van der Waals surface area contributed by atoms with Gasteiger partial charge in [0.25, 0.3) is 5.69 Å². The first-order valence-electron chi connectivity index (χ1n) is 5.98. The van der Waals surface area contributed by atoms with Gasteiger partial charge in [0, 0.05) is 19.0 Å². The molecule has 1 N–H and O–H groups in total. The van der Waals surface area contributed by atoms with Crippen molar-refractivity contribution in [3.63, 3.8) is 0 Å². The maximum Gasteiger partial charge on any atom is 0.305 e. The number of rotatable bonds is 7. The van der Waals surface area contributed by atoms with E-state index in [1.807, 2.05) is 0 Å². The number of anilines is 1. The smallest absolute Gasteiger partial charge is 0.305 e. The third-order valence-electron chi connectivity index (χ3n) is 2.41. The van der Waals surface area contributed by atoms with Crippen LogP contribution >= 0.6 is 23.2 Å². The number of halogens is 2. The third kappa shape index (κ3) is 4.86. The number of carbonyl (C=O) groups excluding carboxylic acids is 1. The molecule has 0 radical (unpaired) electrons. The third-order valence-corrected chi connectivity index (χ3v) is 3.14. The maximum atomic E-state index is 11.1. The Labute approximate surface area is 126 Å². The molecule has 1 aromatic carbocycles. The van der Waals surface area contributed by atoms with E-state index in [1.165, 1.54) is 12.1 Å². The van der Waals surface area contributed by atoms with E-state index in [-0.39, 0.29) is 33.8 Å². The summed E-state index contributed by atoms with van der Waals surface area (Å²) in [5.74, 6) is -0.294. The van der Waals surface area contributed by atoms with Crippen LogP contribution in [0.1, 0.15) is 19.8 Å². The van der Waals surface area contributed by atoms with Crippen molar-refractivity contribution in [1.82, 2.24) is 0 Å². The highest BCUT2D eigenvalue weighted by atomic mass is 35.5. The Hall–Kier alpha value is -1.53. The van der Waals surface area contributed by atoms with Crippen molar-refractivity contribution in [3.05, 3.63) is 32.3 Å². The maximum absolute atomic E-state index is 11.1. The van der Waals surface area contributed by atoms with Gasteiger partial charge in [-0.2, -0.15) is 0 Å². The fourth-order valence-corrected chi connectivity index (χ4v) is 1.84. The lowest BCUT2D eigenvalue weighted by molar-refractivity contribution is -0.383. The number of nitro groups is 1. The number of hydrogen-bond donors (Lipinski definition) is 1. The van der Waals surface area contributed by atoms with Crippen molar-refractivity contribution < 1.29 is 14.5 Å². The average Bonchev–Trinajstić information content (AvgIpc) is 2.38. The second kappa shape index (κ2) is 7.91. The highest BCUT2D eigenvalue weighted by Crippen LogP contribution is 2.33. The summed E-state index contributed by atoms with van der Waals surface area (Å²) in [7, 11) is 0. The van der Waals surface area contributed by atoms with Crippen molar-refractivity contribution >= 4 is 40.5 Å². The Morgan fingerprint density at radius 1 is 1.40 bits per heavy atom. The monoisotopic (exact) mass is 320 g/mol. The molecule has 20 heavy (non-hydrogen) atoms. The molecule has 0 amide bonds. The van der Waals surface area contributed by atoms with E-state index in [4.69, 9.17) is 27.9 Å². The van der Waals surface area contributed by atoms with E-state index in [0.29, 0.717) is 19.6 Å². The van der Waals surface area contributed by atoms with Crippen molar-refractivity contribution in [2.75, 3.05) is 18.5 Å². The van der Waals surface area contributed by atoms with E-state index < -0.39 is 4.92 Å². The van der Waals surface area contributed by atoms with Gasteiger partial charge in [0.1, 0.15) is 5.69 Å². The van der Waals surface area contributed by atoms with E-state index in [9.17, 15) is 14.9 Å². The van der Waals surface area contributed by atoms with Crippen LogP contribution in [0.5, 0.6) is 0 Å². The minimum Gasteiger partial charge on any atom is -0.466 e. The fraction of sp³-hybridized carbons (Fsp3) is 0.417. The Bertz CT molecular complexity index is 508. The molecule has 1 rings (SSSR count). The zero-order valence-electron chi connectivity index (χ0n) is 10.8. The lowest BCUT2D eigenvalue weighted by Gasteiger charge is -2.08. The molecule has 0 spiro atoms. The fourth-order valence-electron chi connectivity index (χ4n) is 1.52. The summed E-state index contributed by atoms with van der Waals surface area (Å²) in [6, 6.07) is 2.59. The van der Waals surface area contributed by atoms with Crippen LogP contribution in [0.15, 0.2) is 12.1 Å². The van der Waals surface area contributed by atoms with Gasteiger partial charge in [-0.15, -0.1) is 0 Å². The molecule has 8 heteroatoms. The van der Waals surface area contributed by atoms with Gasteiger partial charge in [-0.25, -0.2) is 0 Å².